The van der Waals surface area contributed by atoms with Crippen LogP contribution >= 0.6 is 0 Å². The lowest BCUT2D eigenvalue weighted by molar-refractivity contribution is -0.121. The summed E-state index contributed by atoms with van der Waals surface area (Å²) in [7, 11) is 0. The van der Waals surface area contributed by atoms with Gasteiger partial charge in [-0.15, -0.1) is 0 Å². The number of amides is 1. The summed E-state index contributed by atoms with van der Waals surface area (Å²) in [4.78, 5) is 23.2. The first-order chi connectivity index (χ1) is 10.6. The van der Waals surface area contributed by atoms with Gasteiger partial charge in [0.15, 0.2) is 0 Å². The van der Waals surface area contributed by atoms with Crippen molar-refractivity contribution in [2.24, 2.45) is 5.73 Å². The monoisotopic (exact) mass is 308 g/mol. The fraction of sp³-hybridized carbons (Fsp3) is 0.500. The maximum atomic E-state index is 11.6. The quantitative estimate of drug-likeness (QED) is 0.476. The van der Waals surface area contributed by atoms with E-state index in [1.165, 1.54) is 12.1 Å². The highest BCUT2D eigenvalue weighted by atomic mass is 16.5. The molecule has 0 aliphatic rings. The Hall–Kier alpha value is -2.08. The molecule has 0 heterocycles. The van der Waals surface area contributed by atoms with Crippen LogP contribution in [0.3, 0.4) is 0 Å². The van der Waals surface area contributed by atoms with Crippen molar-refractivity contribution in [2.45, 2.75) is 39.2 Å². The third-order valence-corrected chi connectivity index (χ3v) is 3.16. The molecule has 1 aromatic rings. The summed E-state index contributed by atoms with van der Waals surface area (Å²) in [6.45, 7) is 2.91. The van der Waals surface area contributed by atoms with Gasteiger partial charge in [-0.2, -0.15) is 0 Å². The molecule has 0 radical (unpaired) electrons. The zero-order chi connectivity index (χ0) is 16.4. The Kier molecular flexibility index (Phi) is 7.99. The molecule has 1 amide bonds. The zero-order valence-corrected chi connectivity index (χ0v) is 12.9. The third-order valence-electron chi connectivity index (χ3n) is 3.16. The van der Waals surface area contributed by atoms with E-state index in [-0.39, 0.29) is 23.8 Å². The Labute approximate surface area is 130 Å². The Bertz CT molecular complexity index is 503. The second-order valence-corrected chi connectivity index (χ2v) is 4.95. The molecule has 122 valence electrons. The van der Waals surface area contributed by atoms with E-state index in [1.807, 2.05) is 0 Å². The molecule has 4 N–H and O–H groups in total. The topological polar surface area (TPSA) is 102 Å². The number of benzene rings is 1. The van der Waals surface area contributed by atoms with Gasteiger partial charge in [0.1, 0.15) is 11.3 Å². The van der Waals surface area contributed by atoms with Crippen molar-refractivity contribution in [3.05, 3.63) is 29.3 Å². The molecule has 0 bridgehead atoms. The van der Waals surface area contributed by atoms with Crippen LogP contribution in [0.4, 0.5) is 0 Å². The van der Waals surface area contributed by atoms with E-state index < -0.39 is 5.97 Å². The van der Waals surface area contributed by atoms with Crippen LogP contribution < -0.4 is 11.1 Å². The summed E-state index contributed by atoms with van der Waals surface area (Å²) in [5.74, 6) is -0.741. The molecule has 1 aromatic carbocycles. The Balaban J connectivity index is 2.45. The van der Waals surface area contributed by atoms with E-state index in [0.29, 0.717) is 19.5 Å². The van der Waals surface area contributed by atoms with Crippen LogP contribution in [0, 0.1) is 0 Å². The van der Waals surface area contributed by atoms with Gasteiger partial charge < -0.3 is 20.9 Å². The Morgan fingerprint density at radius 3 is 2.68 bits per heavy atom. The number of hydrogen-bond acceptors (Lipinski definition) is 5. The molecule has 0 saturated heterocycles. The highest BCUT2D eigenvalue weighted by Crippen LogP contribution is 2.19. The van der Waals surface area contributed by atoms with Crippen molar-refractivity contribution in [1.82, 2.24) is 5.32 Å². The predicted molar refractivity (Wildman–Crippen MR) is 83.4 cm³/mol. The fourth-order valence-electron chi connectivity index (χ4n) is 1.96. The van der Waals surface area contributed by atoms with Crippen LogP contribution in [-0.2, 0) is 16.1 Å². The van der Waals surface area contributed by atoms with Crippen LogP contribution in [0.1, 0.15) is 48.5 Å². The Morgan fingerprint density at radius 2 is 2.05 bits per heavy atom. The molecule has 6 heteroatoms. The molecule has 0 unspecified atom stereocenters. The first-order valence-corrected chi connectivity index (χ1v) is 7.54. The number of rotatable bonds is 9. The van der Waals surface area contributed by atoms with Crippen LogP contribution in [-0.4, -0.2) is 30.1 Å². The molecule has 0 fully saturated rings. The van der Waals surface area contributed by atoms with E-state index >= 15 is 0 Å². The highest BCUT2D eigenvalue weighted by molar-refractivity contribution is 5.92. The molecular weight excluding hydrogens is 284 g/mol. The zero-order valence-electron chi connectivity index (χ0n) is 12.9. The van der Waals surface area contributed by atoms with Crippen molar-refractivity contribution in [2.75, 3.05) is 13.2 Å². The molecule has 0 aliphatic heterocycles. The second-order valence-electron chi connectivity index (χ2n) is 4.95. The maximum absolute atomic E-state index is 11.6. The molecule has 0 atom stereocenters. The number of hydrogen-bond donors (Lipinski definition) is 3. The molecule has 6 nitrogen and oxygen atoms in total. The first-order valence-electron chi connectivity index (χ1n) is 7.54. The SMILES string of the molecule is CCOC(=O)c1ccc(CNC(=O)CCCCCN)cc1O. The van der Waals surface area contributed by atoms with Crippen LogP contribution in [0.25, 0.3) is 0 Å². The summed E-state index contributed by atoms with van der Waals surface area (Å²) in [6.07, 6.45) is 3.15. The largest absolute Gasteiger partial charge is 0.507 e. The molecule has 0 spiro atoms. The minimum atomic E-state index is -0.560. The number of carbonyl (C=O) groups is 2. The van der Waals surface area contributed by atoms with Gasteiger partial charge in [-0.05, 0) is 44.0 Å². The smallest absolute Gasteiger partial charge is 0.341 e. The van der Waals surface area contributed by atoms with E-state index in [0.717, 1.165) is 24.8 Å². The molecule has 1 rings (SSSR count). The van der Waals surface area contributed by atoms with Gasteiger partial charge in [0.2, 0.25) is 5.91 Å². The van der Waals surface area contributed by atoms with Gasteiger partial charge in [-0.25, -0.2) is 4.79 Å². The van der Waals surface area contributed by atoms with Gasteiger partial charge in [0.05, 0.1) is 6.61 Å². The van der Waals surface area contributed by atoms with Crippen molar-refractivity contribution in [1.29, 1.82) is 0 Å². The lowest BCUT2D eigenvalue weighted by Gasteiger charge is -2.08. The van der Waals surface area contributed by atoms with Crippen molar-refractivity contribution < 1.29 is 19.4 Å². The molecule has 0 aliphatic carbocycles. The number of nitrogens with one attached hydrogen (secondary N) is 1. The Morgan fingerprint density at radius 1 is 1.27 bits per heavy atom. The molecule has 0 saturated carbocycles. The lowest BCUT2D eigenvalue weighted by Crippen LogP contribution is -2.22. The predicted octanol–water partition coefficient (Wildman–Crippen LogP) is 1.70. The van der Waals surface area contributed by atoms with E-state index in [2.05, 4.69) is 5.32 Å². The fourth-order valence-corrected chi connectivity index (χ4v) is 1.96. The van der Waals surface area contributed by atoms with Crippen molar-refractivity contribution in [3.63, 3.8) is 0 Å². The number of nitrogens with two attached hydrogens (primary N) is 1. The minimum absolute atomic E-state index is 0.0361. The number of esters is 1. The van der Waals surface area contributed by atoms with Gasteiger partial charge in [-0.1, -0.05) is 12.5 Å². The summed E-state index contributed by atoms with van der Waals surface area (Å²) < 4.78 is 4.83. The second kappa shape index (κ2) is 9.78. The normalized spacial score (nSPS) is 10.3. The number of phenolic OH excluding ortho intramolecular Hbond substituents is 1. The van der Waals surface area contributed by atoms with E-state index in [4.69, 9.17) is 10.5 Å². The average Bonchev–Trinajstić information content (AvgIpc) is 2.50. The minimum Gasteiger partial charge on any atom is -0.507 e. The third kappa shape index (κ3) is 6.13. The number of ether oxygens (including phenoxy) is 1. The van der Waals surface area contributed by atoms with Crippen LogP contribution in [0.2, 0.25) is 0 Å². The summed E-state index contributed by atoms with van der Waals surface area (Å²) in [5, 5.41) is 12.6. The molecule has 22 heavy (non-hydrogen) atoms. The van der Waals surface area contributed by atoms with Crippen LogP contribution in [0.15, 0.2) is 18.2 Å². The van der Waals surface area contributed by atoms with Gasteiger partial charge in [0.25, 0.3) is 0 Å². The van der Waals surface area contributed by atoms with Crippen molar-refractivity contribution in [3.8, 4) is 5.75 Å². The number of phenols is 1. The van der Waals surface area contributed by atoms with E-state index in [1.54, 1.807) is 13.0 Å². The van der Waals surface area contributed by atoms with Crippen LogP contribution in [0.5, 0.6) is 5.75 Å². The number of carbonyl (C=O) groups excluding carboxylic acids is 2. The van der Waals surface area contributed by atoms with E-state index in [9.17, 15) is 14.7 Å². The highest BCUT2D eigenvalue weighted by Gasteiger charge is 2.12. The molecule has 0 aromatic heterocycles. The summed E-state index contributed by atoms with van der Waals surface area (Å²) >= 11 is 0. The summed E-state index contributed by atoms with van der Waals surface area (Å²) in [5.41, 5.74) is 6.24. The van der Waals surface area contributed by atoms with Gasteiger partial charge >= 0.3 is 5.97 Å². The summed E-state index contributed by atoms with van der Waals surface area (Å²) in [6, 6.07) is 4.64. The van der Waals surface area contributed by atoms with Gasteiger partial charge in [0, 0.05) is 13.0 Å². The molecular formula is C16H24N2O4. The standard InChI is InChI=1S/C16H24N2O4/c1-2-22-16(21)13-8-7-12(10-14(13)19)11-18-15(20)6-4-3-5-9-17/h7-8,10,19H,2-6,9,11,17H2,1H3,(H,18,20). The van der Waals surface area contributed by atoms with Gasteiger partial charge in [-0.3, -0.25) is 4.79 Å². The maximum Gasteiger partial charge on any atom is 0.341 e. The average molecular weight is 308 g/mol. The number of unbranched alkanes of at least 4 members (excludes halogenated alkanes) is 2. The number of aromatic hydroxyl groups is 1. The first kappa shape index (κ1) is 18.0. The lowest BCUT2D eigenvalue weighted by atomic mass is 10.1. The van der Waals surface area contributed by atoms with Crippen molar-refractivity contribution >= 4 is 11.9 Å².